The van der Waals surface area contributed by atoms with Gasteiger partial charge in [0.05, 0.1) is 5.92 Å². The van der Waals surface area contributed by atoms with Gasteiger partial charge in [-0.15, -0.1) is 0 Å². The molecule has 0 saturated heterocycles. The number of rotatable bonds is 7. The molecule has 0 aliphatic rings. The lowest BCUT2D eigenvalue weighted by molar-refractivity contribution is -0.138. The van der Waals surface area contributed by atoms with Gasteiger partial charge in [0.1, 0.15) is 0 Å². The highest BCUT2D eigenvalue weighted by atomic mass is 16.4. The van der Waals surface area contributed by atoms with E-state index in [2.05, 4.69) is 19.2 Å². The van der Waals surface area contributed by atoms with Crippen molar-refractivity contribution < 1.29 is 14.7 Å². The molecule has 1 atom stereocenters. The summed E-state index contributed by atoms with van der Waals surface area (Å²) >= 11 is 0. The molecule has 0 fully saturated rings. The number of hydrogen-bond donors (Lipinski definition) is 2. The van der Waals surface area contributed by atoms with E-state index >= 15 is 0 Å². The lowest BCUT2D eigenvalue weighted by atomic mass is 9.98. The Kier molecular flexibility index (Phi) is 6.22. The zero-order chi connectivity index (χ0) is 15.1. The molecule has 20 heavy (non-hydrogen) atoms. The van der Waals surface area contributed by atoms with Crippen molar-refractivity contribution in [3.8, 4) is 0 Å². The molecular weight excluding hydrogens is 254 g/mol. The predicted molar refractivity (Wildman–Crippen MR) is 79.8 cm³/mol. The molecule has 0 aliphatic carbocycles. The molecule has 2 N–H and O–H groups in total. The molecule has 4 nitrogen and oxygen atoms in total. The van der Waals surface area contributed by atoms with E-state index in [9.17, 15) is 9.59 Å². The zero-order valence-corrected chi connectivity index (χ0v) is 12.3. The SMILES string of the molecule is CCC(CC)CC(=O)Nc1cccc(C(C)C(=O)O)c1. The Morgan fingerprint density at radius 1 is 1.25 bits per heavy atom. The van der Waals surface area contributed by atoms with Gasteiger partial charge in [-0.25, -0.2) is 0 Å². The number of amides is 1. The van der Waals surface area contributed by atoms with Crippen LogP contribution in [0.4, 0.5) is 5.69 Å². The molecule has 0 aromatic heterocycles. The van der Waals surface area contributed by atoms with Gasteiger partial charge in [-0.3, -0.25) is 9.59 Å². The number of aliphatic carboxylic acids is 1. The fourth-order valence-corrected chi connectivity index (χ4v) is 2.08. The molecule has 1 rings (SSSR count). The van der Waals surface area contributed by atoms with Crippen LogP contribution in [0.5, 0.6) is 0 Å². The van der Waals surface area contributed by atoms with Crippen LogP contribution in [0.15, 0.2) is 24.3 Å². The topological polar surface area (TPSA) is 66.4 Å². The molecule has 0 saturated carbocycles. The Morgan fingerprint density at radius 3 is 2.45 bits per heavy atom. The van der Waals surface area contributed by atoms with Crippen molar-refractivity contribution in [2.45, 2.75) is 46.0 Å². The van der Waals surface area contributed by atoms with E-state index in [-0.39, 0.29) is 5.91 Å². The van der Waals surface area contributed by atoms with Gasteiger partial charge in [0.15, 0.2) is 0 Å². The molecular formula is C16H23NO3. The highest BCUT2D eigenvalue weighted by Crippen LogP contribution is 2.20. The van der Waals surface area contributed by atoms with Crippen LogP contribution in [0.2, 0.25) is 0 Å². The second kappa shape index (κ2) is 7.68. The first-order valence-electron chi connectivity index (χ1n) is 7.10. The molecule has 4 heteroatoms. The number of carbonyl (C=O) groups excluding carboxylic acids is 1. The van der Waals surface area contributed by atoms with Gasteiger partial charge < -0.3 is 10.4 Å². The first-order valence-corrected chi connectivity index (χ1v) is 7.10. The number of carboxylic acid groups (broad SMARTS) is 1. The van der Waals surface area contributed by atoms with Crippen molar-refractivity contribution in [3.63, 3.8) is 0 Å². The van der Waals surface area contributed by atoms with Crippen molar-refractivity contribution in [1.29, 1.82) is 0 Å². The van der Waals surface area contributed by atoms with Gasteiger partial charge in [0.2, 0.25) is 5.91 Å². The van der Waals surface area contributed by atoms with Gasteiger partial charge in [0, 0.05) is 12.1 Å². The fourth-order valence-electron chi connectivity index (χ4n) is 2.08. The molecule has 0 aliphatic heterocycles. The first kappa shape index (κ1) is 16.2. The van der Waals surface area contributed by atoms with Crippen molar-refractivity contribution in [3.05, 3.63) is 29.8 Å². The highest BCUT2D eigenvalue weighted by Gasteiger charge is 2.15. The summed E-state index contributed by atoms with van der Waals surface area (Å²) in [5.41, 5.74) is 1.35. The number of hydrogen-bond acceptors (Lipinski definition) is 2. The highest BCUT2D eigenvalue weighted by molar-refractivity contribution is 5.91. The van der Waals surface area contributed by atoms with Crippen LogP contribution in [-0.4, -0.2) is 17.0 Å². The molecule has 0 spiro atoms. The summed E-state index contributed by atoms with van der Waals surface area (Å²) in [4.78, 5) is 22.9. The molecule has 0 bridgehead atoms. The Labute approximate surface area is 120 Å². The van der Waals surface area contributed by atoms with Crippen LogP contribution in [0.3, 0.4) is 0 Å². The zero-order valence-electron chi connectivity index (χ0n) is 12.3. The Balaban J connectivity index is 2.71. The molecule has 110 valence electrons. The summed E-state index contributed by atoms with van der Waals surface area (Å²) in [7, 11) is 0. The number of carboxylic acids is 1. The van der Waals surface area contributed by atoms with Crippen LogP contribution in [-0.2, 0) is 9.59 Å². The van der Waals surface area contributed by atoms with Crippen LogP contribution < -0.4 is 5.32 Å². The molecule has 0 radical (unpaired) electrons. The van der Waals surface area contributed by atoms with Gasteiger partial charge in [-0.05, 0) is 30.5 Å². The van der Waals surface area contributed by atoms with E-state index < -0.39 is 11.9 Å². The van der Waals surface area contributed by atoms with Crippen LogP contribution in [0.25, 0.3) is 0 Å². The third-order valence-electron chi connectivity index (χ3n) is 3.67. The van der Waals surface area contributed by atoms with Gasteiger partial charge in [0.25, 0.3) is 0 Å². The number of carbonyl (C=O) groups is 2. The van der Waals surface area contributed by atoms with E-state index in [1.54, 1.807) is 31.2 Å². The van der Waals surface area contributed by atoms with Gasteiger partial charge in [-0.2, -0.15) is 0 Å². The summed E-state index contributed by atoms with van der Waals surface area (Å²) in [6.07, 6.45) is 2.48. The maximum atomic E-state index is 11.9. The summed E-state index contributed by atoms with van der Waals surface area (Å²) in [5.74, 6) is -1.06. The van der Waals surface area contributed by atoms with Gasteiger partial charge in [-0.1, -0.05) is 38.8 Å². The summed E-state index contributed by atoms with van der Waals surface area (Å²) in [6, 6.07) is 7.03. The van der Waals surface area contributed by atoms with Gasteiger partial charge >= 0.3 is 5.97 Å². The smallest absolute Gasteiger partial charge is 0.310 e. The van der Waals surface area contributed by atoms with Crippen molar-refractivity contribution in [1.82, 2.24) is 0 Å². The minimum atomic E-state index is -0.870. The summed E-state index contributed by atoms with van der Waals surface area (Å²) in [6.45, 7) is 5.79. The third-order valence-corrected chi connectivity index (χ3v) is 3.67. The second-order valence-corrected chi connectivity index (χ2v) is 5.12. The average molecular weight is 277 g/mol. The Morgan fingerprint density at radius 2 is 1.90 bits per heavy atom. The lowest BCUT2D eigenvalue weighted by Gasteiger charge is -2.13. The Bertz CT molecular complexity index is 467. The van der Waals surface area contributed by atoms with Crippen molar-refractivity contribution in [2.75, 3.05) is 5.32 Å². The van der Waals surface area contributed by atoms with Crippen LogP contribution in [0.1, 0.15) is 51.5 Å². The molecule has 1 amide bonds. The number of anilines is 1. The van der Waals surface area contributed by atoms with Crippen LogP contribution in [0, 0.1) is 5.92 Å². The fraction of sp³-hybridized carbons (Fsp3) is 0.500. The summed E-state index contributed by atoms with van der Waals surface area (Å²) < 4.78 is 0. The molecule has 1 aromatic carbocycles. The predicted octanol–water partition coefficient (Wildman–Crippen LogP) is 3.64. The van der Waals surface area contributed by atoms with E-state index in [4.69, 9.17) is 5.11 Å². The minimum Gasteiger partial charge on any atom is -0.481 e. The van der Waals surface area contributed by atoms with Crippen molar-refractivity contribution in [2.24, 2.45) is 5.92 Å². The standard InChI is InChI=1S/C16H23NO3/c1-4-12(5-2)9-15(18)17-14-8-6-7-13(10-14)11(3)16(19)20/h6-8,10-12H,4-5,9H2,1-3H3,(H,17,18)(H,19,20). The Hall–Kier alpha value is -1.84. The monoisotopic (exact) mass is 277 g/mol. The maximum Gasteiger partial charge on any atom is 0.310 e. The molecule has 1 unspecified atom stereocenters. The van der Waals surface area contributed by atoms with Crippen molar-refractivity contribution >= 4 is 17.6 Å². The number of nitrogens with one attached hydrogen (secondary N) is 1. The maximum absolute atomic E-state index is 11.9. The third kappa shape index (κ3) is 4.68. The van der Waals surface area contributed by atoms with E-state index in [1.807, 2.05) is 0 Å². The minimum absolute atomic E-state index is 0.0150. The second-order valence-electron chi connectivity index (χ2n) is 5.12. The lowest BCUT2D eigenvalue weighted by Crippen LogP contribution is -2.16. The average Bonchev–Trinajstić information content (AvgIpc) is 2.44. The molecule has 0 heterocycles. The first-order chi connectivity index (χ1) is 9.47. The quantitative estimate of drug-likeness (QED) is 0.799. The van der Waals surface area contributed by atoms with E-state index in [1.165, 1.54) is 0 Å². The number of benzene rings is 1. The largest absolute Gasteiger partial charge is 0.481 e. The normalized spacial score (nSPS) is 12.2. The summed E-state index contributed by atoms with van der Waals surface area (Å²) in [5, 5.41) is 11.8. The molecule has 1 aromatic rings. The van der Waals surface area contributed by atoms with Crippen LogP contribution >= 0.6 is 0 Å². The van der Waals surface area contributed by atoms with E-state index in [0.717, 1.165) is 12.8 Å². The van der Waals surface area contributed by atoms with E-state index in [0.29, 0.717) is 23.6 Å².